The maximum absolute atomic E-state index is 13.7. The molecule has 0 saturated heterocycles. The summed E-state index contributed by atoms with van der Waals surface area (Å²) in [6.07, 6.45) is 3.56. The lowest BCUT2D eigenvalue weighted by atomic mass is 10.00. The first-order valence-corrected chi connectivity index (χ1v) is 13.0. The Balaban J connectivity index is 1.75. The molecule has 5 aromatic rings. The van der Waals surface area contributed by atoms with Crippen LogP contribution in [-0.4, -0.2) is 42.2 Å². The minimum atomic E-state index is -0.616. The van der Waals surface area contributed by atoms with E-state index in [1.165, 1.54) is 0 Å². The molecule has 3 aromatic heterocycles. The van der Waals surface area contributed by atoms with Gasteiger partial charge in [-0.2, -0.15) is 0 Å². The number of rotatable bonds is 8. The van der Waals surface area contributed by atoms with Crippen LogP contribution in [0.5, 0.6) is 5.75 Å². The molecule has 5 rings (SSSR count). The number of halogens is 1. The molecule has 10 heteroatoms. The maximum atomic E-state index is 13.7. The van der Waals surface area contributed by atoms with Crippen molar-refractivity contribution in [2.24, 2.45) is 0 Å². The van der Waals surface area contributed by atoms with Gasteiger partial charge in [0.05, 0.1) is 12.6 Å². The molecule has 0 aliphatic heterocycles. The lowest BCUT2D eigenvalue weighted by molar-refractivity contribution is 0.184. The van der Waals surface area contributed by atoms with Crippen LogP contribution in [0.3, 0.4) is 0 Å². The van der Waals surface area contributed by atoms with Crippen LogP contribution >= 0.6 is 11.6 Å². The summed E-state index contributed by atoms with van der Waals surface area (Å²) in [6, 6.07) is 18.4. The smallest absolute Gasteiger partial charge is 0.253 e. The number of tetrazole rings is 1. The molecule has 0 radical (unpaired) electrons. The standard InChI is InChI=1S/C29H30ClN7O2/c1-29(2,3)37-27(33-34-35-37)26(23-15-21-14-22(39-4)11-12-25(21)32-28(23)38)36(17-19-8-7-13-31-16-19)18-20-9-5-6-10-24(20)30/h5-16,26H,17-18H2,1-4H3,(H,32,38). The Morgan fingerprint density at radius 1 is 1.08 bits per heavy atom. The van der Waals surface area contributed by atoms with E-state index in [2.05, 4.69) is 30.4 Å². The molecule has 200 valence electrons. The van der Waals surface area contributed by atoms with E-state index in [4.69, 9.17) is 16.3 Å². The van der Waals surface area contributed by atoms with E-state index in [0.717, 1.165) is 16.5 Å². The normalized spacial score (nSPS) is 12.7. The van der Waals surface area contributed by atoms with Gasteiger partial charge >= 0.3 is 0 Å². The van der Waals surface area contributed by atoms with E-state index in [-0.39, 0.29) is 5.56 Å². The lowest BCUT2D eigenvalue weighted by Crippen LogP contribution is -2.37. The zero-order valence-electron chi connectivity index (χ0n) is 22.3. The predicted molar refractivity (Wildman–Crippen MR) is 151 cm³/mol. The van der Waals surface area contributed by atoms with Gasteiger partial charge in [-0.1, -0.05) is 35.9 Å². The lowest BCUT2D eigenvalue weighted by Gasteiger charge is -2.33. The number of hydrogen-bond donors (Lipinski definition) is 1. The van der Waals surface area contributed by atoms with Crippen LogP contribution in [0.2, 0.25) is 5.02 Å². The highest BCUT2D eigenvalue weighted by Gasteiger charge is 2.34. The maximum Gasteiger partial charge on any atom is 0.253 e. The molecular weight excluding hydrogens is 514 g/mol. The molecule has 1 N–H and O–H groups in total. The van der Waals surface area contributed by atoms with Gasteiger partial charge in [0.15, 0.2) is 5.82 Å². The summed E-state index contributed by atoms with van der Waals surface area (Å²) in [5.41, 5.74) is 2.45. The highest BCUT2D eigenvalue weighted by Crippen LogP contribution is 2.33. The number of nitrogens with one attached hydrogen (secondary N) is 1. The first-order chi connectivity index (χ1) is 18.7. The summed E-state index contributed by atoms with van der Waals surface area (Å²) in [5, 5.41) is 14.3. The Labute approximate surface area is 231 Å². The monoisotopic (exact) mass is 543 g/mol. The molecule has 0 amide bonds. The van der Waals surface area contributed by atoms with Crippen molar-refractivity contribution in [3.8, 4) is 5.75 Å². The number of aromatic amines is 1. The van der Waals surface area contributed by atoms with E-state index in [0.29, 0.717) is 40.8 Å². The van der Waals surface area contributed by atoms with Gasteiger partial charge in [0.1, 0.15) is 11.8 Å². The highest BCUT2D eigenvalue weighted by molar-refractivity contribution is 6.31. The fourth-order valence-electron chi connectivity index (χ4n) is 4.68. The van der Waals surface area contributed by atoms with Crippen molar-refractivity contribution >= 4 is 22.5 Å². The number of pyridine rings is 2. The minimum absolute atomic E-state index is 0.225. The van der Waals surface area contributed by atoms with E-state index >= 15 is 0 Å². The largest absolute Gasteiger partial charge is 0.497 e. The van der Waals surface area contributed by atoms with Crippen LogP contribution in [0.1, 0.15) is 49.3 Å². The van der Waals surface area contributed by atoms with Gasteiger partial charge in [-0.05, 0) is 78.7 Å². The number of nitrogens with zero attached hydrogens (tertiary/aromatic N) is 6. The van der Waals surface area contributed by atoms with Crippen molar-refractivity contribution in [1.82, 2.24) is 35.1 Å². The Hall–Kier alpha value is -4.08. The second kappa shape index (κ2) is 11.0. The summed E-state index contributed by atoms with van der Waals surface area (Å²) in [6.45, 7) is 6.99. The zero-order valence-corrected chi connectivity index (χ0v) is 23.1. The quantitative estimate of drug-likeness (QED) is 0.290. The molecule has 3 heterocycles. The van der Waals surface area contributed by atoms with Crippen LogP contribution in [0.4, 0.5) is 0 Å². The number of hydrogen-bond acceptors (Lipinski definition) is 7. The third kappa shape index (κ3) is 5.69. The second-order valence-corrected chi connectivity index (χ2v) is 10.8. The van der Waals surface area contributed by atoms with Gasteiger partial charge in [-0.15, -0.1) is 5.10 Å². The minimum Gasteiger partial charge on any atom is -0.497 e. The molecular formula is C29H30ClN7O2. The summed E-state index contributed by atoms with van der Waals surface area (Å²) in [5.74, 6) is 1.24. The number of methoxy groups -OCH3 is 1. The molecule has 1 unspecified atom stereocenters. The van der Waals surface area contributed by atoms with Crippen molar-refractivity contribution in [2.75, 3.05) is 7.11 Å². The third-order valence-corrected chi connectivity index (χ3v) is 6.92. The average Bonchev–Trinajstić information content (AvgIpc) is 3.41. The highest BCUT2D eigenvalue weighted by atomic mass is 35.5. The van der Waals surface area contributed by atoms with Crippen molar-refractivity contribution in [3.63, 3.8) is 0 Å². The van der Waals surface area contributed by atoms with Crippen LogP contribution in [0.25, 0.3) is 10.9 Å². The Morgan fingerprint density at radius 3 is 2.62 bits per heavy atom. The van der Waals surface area contributed by atoms with Crippen LogP contribution in [0, 0.1) is 0 Å². The molecule has 0 fully saturated rings. The van der Waals surface area contributed by atoms with Crippen LogP contribution in [0.15, 0.2) is 77.9 Å². The van der Waals surface area contributed by atoms with Gasteiger partial charge in [0.25, 0.3) is 5.56 Å². The summed E-state index contributed by atoms with van der Waals surface area (Å²) >= 11 is 6.63. The van der Waals surface area contributed by atoms with Crippen molar-refractivity contribution in [1.29, 1.82) is 0 Å². The molecule has 0 bridgehead atoms. The molecule has 39 heavy (non-hydrogen) atoms. The van der Waals surface area contributed by atoms with Crippen LogP contribution in [-0.2, 0) is 18.6 Å². The van der Waals surface area contributed by atoms with E-state index in [1.807, 2.05) is 87.6 Å². The summed E-state index contributed by atoms with van der Waals surface area (Å²) in [4.78, 5) is 23.2. The topological polar surface area (TPSA) is 102 Å². The van der Waals surface area contributed by atoms with E-state index in [9.17, 15) is 4.79 Å². The number of fused-ring (bicyclic) bond motifs is 1. The average molecular weight is 544 g/mol. The molecule has 0 aliphatic rings. The Kier molecular flexibility index (Phi) is 7.45. The van der Waals surface area contributed by atoms with Gasteiger partial charge in [-0.25, -0.2) is 4.68 Å². The number of benzene rings is 2. The number of ether oxygens (including phenoxy) is 1. The third-order valence-electron chi connectivity index (χ3n) is 6.55. The van der Waals surface area contributed by atoms with Gasteiger partial charge in [0.2, 0.25) is 0 Å². The fourth-order valence-corrected chi connectivity index (χ4v) is 4.88. The van der Waals surface area contributed by atoms with E-state index < -0.39 is 11.6 Å². The molecule has 0 saturated carbocycles. The first-order valence-electron chi connectivity index (χ1n) is 12.6. The van der Waals surface area contributed by atoms with Gasteiger partial charge in [-0.3, -0.25) is 14.7 Å². The van der Waals surface area contributed by atoms with Crippen molar-refractivity contribution in [2.45, 2.75) is 45.4 Å². The molecule has 1 atom stereocenters. The Morgan fingerprint density at radius 2 is 1.90 bits per heavy atom. The zero-order chi connectivity index (χ0) is 27.6. The summed E-state index contributed by atoms with van der Waals surface area (Å²) < 4.78 is 7.22. The Bertz CT molecular complexity index is 1640. The van der Waals surface area contributed by atoms with Crippen molar-refractivity contribution in [3.05, 3.63) is 111 Å². The molecule has 0 spiro atoms. The summed E-state index contributed by atoms with van der Waals surface area (Å²) in [7, 11) is 1.62. The molecule has 0 aliphatic carbocycles. The second-order valence-electron chi connectivity index (χ2n) is 10.4. The molecule has 2 aromatic carbocycles. The first kappa shape index (κ1) is 26.5. The van der Waals surface area contributed by atoms with Gasteiger partial charge < -0.3 is 9.72 Å². The SMILES string of the molecule is COc1ccc2[nH]c(=O)c(C(c3nnnn3C(C)(C)C)N(Cc3cccnc3)Cc3ccccc3Cl)cc2c1. The van der Waals surface area contributed by atoms with Crippen molar-refractivity contribution < 1.29 is 4.74 Å². The number of aromatic nitrogens is 6. The number of H-pyrrole nitrogens is 1. The van der Waals surface area contributed by atoms with E-state index in [1.54, 1.807) is 18.0 Å². The van der Waals surface area contributed by atoms with Gasteiger partial charge in [0, 0.05) is 47.0 Å². The predicted octanol–water partition coefficient (Wildman–Crippen LogP) is 5.12. The molecule has 9 nitrogen and oxygen atoms in total. The van der Waals surface area contributed by atoms with Crippen LogP contribution < -0.4 is 10.3 Å². The fraction of sp³-hybridized carbons (Fsp3) is 0.276.